The highest BCUT2D eigenvalue weighted by Gasteiger charge is 2.65. The van der Waals surface area contributed by atoms with Crippen molar-refractivity contribution in [3.8, 4) is 0 Å². The first-order valence-electron chi connectivity index (χ1n) is 7.57. The smallest absolute Gasteiger partial charge is 0.418 e. The van der Waals surface area contributed by atoms with E-state index in [0.717, 1.165) is 13.5 Å². The lowest BCUT2D eigenvalue weighted by molar-refractivity contribution is -0.208. The van der Waals surface area contributed by atoms with Crippen molar-refractivity contribution in [1.82, 2.24) is 4.72 Å². The van der Waals surface area contributed by atoms with E-state index in [1.54, 1.807) is 6.08 Å². The van der Waals surface area contributed by atoms with E-state index < -0.39 is 34.1 Å². The lowest BCUT2D eigenvalue weighted by atomic mass is 9.48. The molecule has 0 radical (unpaired) electrons. The molecule has 1 saturated carbocycles. The van der Waals surface area contributed by atoms with Crippen LogP contribution in [0, 0.1) is 17.3 Å². The summed E-state index contributed by atoms with van der Waals surface area (Å²) in [6, 6.07) is 0. The number of halogens is 3. The summed E-state index contributed by atoms with van der Waals surface area (Å²) >= 11 is 0. The summed E-state index contributed by atoms with van der Waals surface area (Å²) in [4.78, 5) is 12.0. The van der Waals surface area contributed by atoms with Crippen LogP contribution in [0.4, 0.5) is 13.2 Å². The molecule has 2 bridgehead atoms. The van der Waals surface area contributed by atoms with Gasteiger partial charge >= 0.3 is 12.1 Å². The zero-order valence-corrected chi connectivity index (χ0v) is 14.8. The van der Waals surface area contributed by atoms with Crippen molar-refractivity contribution >= 4 is 16.0 Å². The number of nitrogens with one attached hydrogen (secondary N) is 1. The average Bonchev–Trinajstić information content (AvgIpc) is 2.42. The molecule has 0 aromatic rings. The Morgan fingerprint density at radius 2 is 2.00 bits per heavy atom. The SMILES string of the molecule is COC(=O)[C@@](CC1=CC[C@H]2C[C@H]1C2(C)C)(NS(C)(=O)=O)C(F)(F)F. The summed E-state index contributed by atoms with van der Waals surface area (Å²) in [5, 5.41) is 0. The predicted molar refractivity (Wildman–Crippen MR) is 81.5 cm³/mol. The van der Waals surface area contributed by atoms with Crippen molar-refractivity contribution in [2.75, 3.05) is 13.4 Å². The lowest BCUT2D eigenvalue weighted by Gasteiger charge is -2.57. The Labute approximate surface area is 139 Å². The summed E-state index contributed by atoms with van der Waals surface area (Å²) < 4.78 is 70.2. The number of hydrogen-bond donors (Lipinski definition) is 1. The Bertz CT molecular complexity index is 669. The van der Waals surface area contributed by atoms with Gasteiger partial charge in [0.25, 0.3) is 0 Å². The molecular formula is C15H22F3NO4S. The summed E-state index contributed by atoms with van der Waals surface area (Å²) in [6.07, 6.45) is -2.21. The highest BCUT2D eigenvalue weighted by molar-refractivity contribution is 7.88. The van der Waals surface area contributed by atoms with Gasteiger partial charge in [0.2, 0.25) is 15.6 Å². The van der Waals surface area contributed by atoms with E-state index in [-0.39, 0.29) is 11.3 Å². The molecule has 138 valence electrons. The van der Waals surface area contributed by atoms with Gasteiger partial charge in [-0.2, -0.15) is 17.9 Å². The van der Waals surface area contributed by atoms with Gasteiger partial charge in [-0.05, 0) is 30.1 Å². The van der Waals surface area contributed by atoms with Crippen molar-refractivity contribution in [3.05, 3.63) is 11.6 Å². The minimum Gasteiger partial charge on any atom is -0.467 e. The number of alkyl halides is 3. The largest absolute Gasteiger partial charge is 0.467 e. The molecule has 3 rings (SSSR count). The molecular weight excluding hydrogens is 347 g/mol. The minimum absolute atomic E-state index is 0.0935. The first-order chi connectivity index (χ1) is 10.7. The number of esters is 1. The van der Waals surface area contributed by atoms with Crippen molar-refractivity contribution in [2.45, 2.75) is 44.8 Å². The van der Waals surface area contributed by atoms with Gasteiger partial charge in [-0.1, -0.05) is 25.5 Å². The fraction of sp³-hybridized carbons (Fsp3) is 0.800. The third-order valence-corrected chi connectivity index (χ3v) is 6.15. The molecule has 0 amide bonds. The van der Waals surface area contributed by atoms with Crippen LogP contribution in [0.5, 0.6) is 0 Å². The third-order valence-electron chi connectivity index (χ3n) is 5.43. The van der Waals surface area contributed by atoms with E-state index in [2.05, 4.69) is 4.74 Å². The Morgan fingerprint density at radius 1 is 1.42 bits per heavy atom. The summed E-state index contributed by atoms with van der Waals surface area (Å²) in [6.45, 7) is 3.96. The number of carbonyl (C=O) groups is 1. The Morgan fingerprint density at radius 3 is 2.38 bits per heavy atom. The predicted octanol–water partition coefficient (Wildman–Crippen LogP) is 2.39. The van der Waals surface area contributed by atoms with Gasteiger partial charge in [-0.15, -0.1) is 0 Å². The number of allylic oxidation sites excluding steroid dienone is 1. The number of hydrogen-bond acceptors (Lipinski definition) is 4. The Kier molecular flexibility index (Phi) is 4.59. The maximum absolute atomic E-state index is 13.8. The molecule has 3 aliphatic carbocycles. The van der Waals surface area contributed by atoms with Crippen LogP contribution in [0.3, 0.4) is 0 Å². The molecule has 3 aliphatic rings. The number of ether oxygens (including phenoxy) is 1. The maximum atomic E-state index is 13.8. The second kappa shape index (κ2) is 5.72. The van der Waals surface area contributed by atoms with Crippen LogP contribution in [0.25, 0.3) is 0 Å². The number of rotatable bonds is 5. The fourth-order valence-corrected chi connectivity index (χ4v) is 4.80. The molecule has 0 spiro atoms. The van der Waals surface area contributed by atoms with Crippen LogP contribution < -0.4 is 4.72 Å². The van der Waals surface area contributed by atoms with Gasteiger partial charge in [0, 0.05) is 6.42 Å². The average molecular weight is 369 g/mol. The summed E-state index contributed by atoms with van der Waals surface area (Å²) in [7, 11) is -3.49. The highest BCUT2D eigenvalue weighted by atomic mass is 32.2. The maximum Gasteiger partial charge on any atom is 0.418 e. The highest BCUT2D eigenvalue weighted by Crippen LogP contribution is 2.60. The molecule has 0 aliphatic heterocycles. The van der Waals surface area contributed by atoms with E-state index in [1.165, 1.54) is 4.72 Å². The second-order valence-corrected chi connectivity index (χ2v) is 9.02. The van der Waals surface area contributed by atoms with Gasteiger partial charge in [-0.3, -0.25) is 0 Å². The van der Waals surface area contributed by atoms with E-state index in [0.29, 0.717) is 24.2 Å². The van der Waals surface area contributed by atoms with Crippen LogP contribution in [-0.2, 0) is 19.6 Å². The molecule has 0 saturated heterocycles. The standard InChI is InChI=1S/C15H22F3NO4S/c1-13(2)10-6-5-9(11(13)7-10)8-14(12(20)23-3,15(16,17)18)19-24(4,21)22/h5,10-11,19H,6-8H2,1-4H3/t10-,11+,14+/m0/s1. The zero-order chi connectivity index (χ0) is 18.6. The van der Waals surface area contributed by atoms with E-state index in [1.807, 2.05) is 13.8 Å². The molecule has 1 N–H and O–H groups in total. The number of methoxy groups -OCH3 is 1. The first kappa shape index (κ1) is 19.2. The Balaban J connectivity index is 2.46. The van der Waals surface area contributed by atoms with Crippen molar-refractivity contribution in [2.24, 2.45) is 17.3 Å². The Hall–Kier alpha value is -1.09. The van der Waals surface area contributed by atoms with Gasteiger partial charge in [-0.25, -0.2) is 13.2 Å². The van der Waals surface area contributed by atoms with Crippen LogP contribution in [-0.4, -0.2) is 39.5 Å². The zero-order valence-electron chi connectivity index (χ0n) is 14.0. The molecule has 9 heteroatoms. The monoisotopic (exact) mass is 369 g/mol. The number of sulfonamides is 1. The van der Waals surface area contributed by atoms with E-state index in [9.17, 15) is 26.4 Å². The lowest BCUT2D eigenvalue weighted by Crippen LogP contribution is -2.65. The minimum atomic E-state index is -5.13. The summed E-state index contributed by atoms with van der Waals surface area (Å²) in [5.74, 6) is -1.34. The van der Waals surface area contributed by atoms with Crippen molar-refractivity contribution < 1.29 is 31.1 Å². The van der Waals surface area contributed by atoms with Crippen LogP contribution in [0.2, 0.25) is 0 Å². The molecule has 0 heterocycles. The van der Waals surface area contributed by atoms with Crippen molar-refractivity contribution in [1.29, 1.82) is 0 Å². The molecule has 0 aromatic heterocycles. The van der Waals surface area contributed by atoms with Gasteiger partial charge in [0.1, 0.15) is 0 Å². The third kappa shape index (κ3) is 3.08. The number of fused-ring (bicyclic) bond motifs is 1. The van der Waals surface area contributed by atoms with Gasteiger partial charge < -0.3 is 4.74 Å². The topological polar surface area (TPSA) is 72.5 Å². The van der Waals surface area contributed by atoms with Gasteiger partial charge in [0.15, 0.2) is 0 Å². The molecule has 0 aromatic carbocycles. The normalized spacial score (nSPS) is 28.4. The second-order valence-electron chi connectivity index (χ2n) is 7.27. The molecule has 3 atom stereocenters. The van der Waals surface area contributed by atoms with Crippen molar-refractivity contribution in [3.63, 3.8) is 0 Å². The molecule has 1 fully saturated rings. The molecule has 24 heavy (non-hydrogen) atoms. The van der Waals surface area contributed by atoms with Crippen LogP contribution in [0.15, 0.2) is 11.6 Å². The molecule has 5 nitrogen and oxygen atoms in total. The van der Waals surface area contributed by atoms with Crippen LogP contribution in [0.1, 0.15) is 33.1 Å². The summed E-state index contributed by atoms with van der Waals surface area (Å²) in [5.41, 5.74) is -3.00. The number of carbonyl (C=O) groups excluding carboxylic acids is 1. The quantitative estimate of drug-likeness (QED) is 0.597. The van der Waals surface area contributed by atoms with E-state index in [4.69, 9.17) is 0 Å². The van der Waals surface area contributed by atoms with E-state index >= 15 is 0 Å². The van der Waals surface area contributed by atoms with Gasteiger partial charge in [0.05, 0.1) is 13.4 Å². The fourth-order valence-electron chi connectivity index (χ4n) is 3.90. The first-order valence-corrected chi connectivity index (χ1v) is 9.47. The molecule has 0 unspecified atom stereocenters. The van der Waals surface area contributed by atoms with Crippen LogP contribution >= 0.6 is 0 Å².